The second kappa shape index (κ2) is 19.2. The Morgan fingerprint density at radius 1 is 0.349 bits per heavy atom. The Kier molecular flexibility index (Phi) is 16.1. The minimum atomic E-state index is -1.03. The summed E-state index contributed by atoms with van der Waals surface area (Å²) in [7, 11) is 0. The molecule has 0 aromatic carbocycles. The number of ketones is 4. The average molecular weight is 601 g/mol. The van der Waals surface area contributed by atoms with Crippen molar-refractivity contribution in [2.45, 2.75) is 149 Å². The van der Waals surface area contributed by atoms with Gasteiger partial charge in [0.1, 0.15) is 0 Å². The molecule has 43 heavy (non-hydrogen) atoms. The van der Waals surface area contributed by atoms with Gasteiger partial charge in [-0.25, -0.2) is 0 Å². The third-order valence-electron chi connectivity index (χ3n) is 8.51. The van der Waals surface area contributed by atoms with Crippen LogP contribution in [0.4, 0.5) is 0 Å². The topological polar surface area (TPSA) is 149 Å². The fourth-order valence-electron chi connectivity index (χ4n) is 5.74. The summed E-state index contributed by atoms with van der Waals surface area (Å²) in [6, 6.07) is 0. The Morgan fingerprint density at radius 3 is 0.884 bits per heavy atom. The molecule has 0 spiro atoms. The van der Waals surface area contributed by atoms with Crippen LogP contribution in [0.2, 0.25) is 0 Å². The first-order chi connectivity index (χ1) is 20.7. The van der Waals surface area contributed by atoms with Gasteiger partial charge in [-0.2, -0.15) is 0 Å². The largest absolute Gasteiger partial charge is 0.504 e. The molecule has 0 saturated heterocycles. The molecule has 0 amide bonds. The van der Waals surface area contributed by atoms with Gasteiger partial charge < -0.3 is 20.4 Å². The number of allylic oxidation sites excluding steroid dienone is 4. The third-order valence-corrected chi connectivity index (χ3v) is 8.51. The zero-order valence-electron chi connectivity index (χ0n) is 26.3. The summed E-state index contributed by atoms with van der Waals surface area (Å²) in [5.74, 6) is -7.31. The maximum absolute atomic E-state index is 12.9. The molecule has 240 valence electrons. The van der Waals surface area contributed by atoms with Gasteiger partial charge in [-0.05, 0) is 25.7 Å². The van der Waals surface area contributed by atoms with Crippen LogP contribution in [0.1, 0.15) is 149 Å². The van der Waals surface area contributed by atoms with Crippen LogP contribution in [0.5, 0.6) is 0 Å². The summed E-state index contributed by atoms with van der Waals surface area (Å²) in [5.41, 5.74) is -1.53. The van der Waals surface area contributed by atoms with Gasteiger partial charge in [0.05, 0.1) is 11.1 Å². The Balaban J connectivity index is 1.93. The molecule has 0 heterocycles. The predicted octanol–water partition coefficient (Wildman–Crippen LogP) is 8.77. The Labute approximate surface area is 256 Å². The molecule has 8 nitrogen and oxygen atoms in total. The van der Waals surface area contributed by atoms with E-state index in [-0.39, 0.29) is 24.0 Å². The molecule has 0 saturated carbocycles. The van der Waals surface area contributed by atoms with E-state index >= 15 is 0 Å². The second-order valence-electron chi connectivity index (χ2n) is 12.0. The van der Waals surface area contributed by atoms with Crippen molar-refractivity contribution < 1.29 is 39.6 Å². The number of unbranched alkanes of at least 4 members (excludes halogenated alkanes) is 16. The second-order valence-corrected chi connectivity index (χ2v) is 12.0. The van der Waals surface area contributed by atoms with Crippen molar-refractivity contribution in [3.8, 4) is 0 Å². The zero-order chi connectivity index (χ0) is 31.8. The van der Waals surface area contributed by atoms with Crippen molar-refractivity contribution in [1.82, 2.24) is 0 Å². The van der Waals surface area contributed by atoms with Crippen LogP contribution >= 0.6 is 0 Å². The van der Waals surface area contributed by atoms with Gasteiger partial charge in [-0.1, -0.05) is 117 Å². The van der Waals surface area contributed by atoms with E-state index in [0.717, 1.165) is 51.4 Å². The van der Waals surface area contributed by atoms with Crippen molar-refractivity contribution in [1.29, 1.82) is 0 Å². The number of hydrogen-bond donors (Lipinski definition) is 4. The zero-order valence-corrected chi connectivity index (χ0v) is 26.3. The van der Waals surface area contributed by atoms with E-state index in [4.69, 9.17) is 0 Å². The first kappa shape index (κ1) is 36.0. The normalized spacial score (nSPS) is 16.4. The number of carbonyl (C=O) groups excluding carboxylic acids is 4. The van der Waals surface area contributed by atoms with Crippen LogP contribution in [-0.4, -0.2) is 43.6 Å². The van der Waals surface area contributed by atoms with Gasteiger partial charge in [-0.3, -0.25) is 19.2 Å². The van der Waals surface area contributed by atoms with Crippen LogP contribution in [-0.2, 0) is 19.2 Å². The highest BCUT2D eigenvalue weighted by Crippen LogP contribution is 2.34. The molecule has 0 atom stereocenters. The van der Waals surface area contributed by atoms with E-state index in [2.05, 4.69) is 13.8 Å². The summed E-state index contributed by atoms with van der Waals surface area (Å²) in [4.78, 5) is 51.5. The lowest BCUT2D eigenvalue weighted by Crippen LogP contribution is -2.28. The van der Waals surface area contributed by atoms with Gasteiger partial charge in [0.2, 0.25) is 23.1 Å². The maximum atomic E-state index is 12.9. The summed E-state index contributed by atoms with van der Waals surface area (Å²) in [6.45, 7) is 4.35. The molecule has 8 heteroatoms. The number of Topliss-reactive ketones (excluding diaryl/α,β-unsaturated/α-hetero) is 4. The van der Waals surface area contributed by atoms with Gasteiger partial charge in [0, 0.05) is 17.6 Å². The van der Waals surface area contributed by atoms with Crippen LogP contribution < -0.4 is 0 Å². The Bertz CT molecular complexity index is 1050. The molecule has 4 N–H and O–H groups in total. The molecule has 2 rings (SSSR count). The molecule has 0 unspecified atom stereocenters. The van der Waals surface area contributed by atoms with E-state index in [1.165, 1.54) is 51.4 Å². The maximum Gasteiger partial charge on any atom is 0.227 e. The van der Waals surface area contributed by atoms with E-state index in [1.807, 2.05) is 0 Å². The average Bonchev–Trinajstić information content (AvgIpc) is 3.00. The minimum Gasteiger partial charge on any atom is -0.504 e. The molecular formula is C35H52O8. The van der Waals surface area contributed by atoms with Crippen LogP contribution in [0, 0.1) is 0 Å². The molecule has 2 aliphatic rings. The van der Waals surface area contributed by atoms with Crippen molar-refractivity contribution >= 4 is 23.1 Å². The molecule has 0 aromatic heterocycles. The lowest BCUT2D eigenvalue weighted by atomic mass is 9.83. The number of rotatable bonds is 22. The van der Waals surface area contributed by atoms with Crippen molar-refractivity contribution in [2.75, 3.05) is 0 Å². The van der Waals surface area contributed by atoms with Crippen LogP contribution in [0.15, 0.2) is 45.3 Å². The fourth-order valence-corrected chi connectivity index (χ4v) is 5.74. The summed E-state index contributed by atoms with van der Waals surface area (Å²) >= 11 is 0. The highest BCUT2D eigenvalue weighted by molar-refractivity contribution is 6.26. The van der Waals surface area contributed by atoms with Gasteiger partial charge in [-0.15, -0.1) is 0 Å². The Morgan fingerprint density at radius 2 is 0.581 bits per heavy atom. The van der Waals surface area contributed by atoms with Crippen molar-refractivity contribution in [2.24, 2.45) is 0 Å². The predicted molar refractivity (Wildman–Crippen MR) is 167 cm³/mol. The van der Waals surface area contributed by atoms with E-state index in [1.54, 1.807) is 0 Å². The van der Waals surface area contributed by atoms with Crippen molar-refractivity contribution in [3.63, 3.8) is 0 Å². The standard InChI is InChI=1S/C35H52O8/c1-3-5-7-9-11-13-15-17-19-21-24-28(36)32(40)26(33(41)29(24)37)23-27-34(42)30(38)25(31(39)35(27)43)22-20-18-16-14-12-10-8-6-4-2/h36,38,41,43H,3-23H2,1-2H3. The minimum absolute atomic E-state index is 0.126. The van der Waals surface area contributed by atoms with Gasteiger partial charge in [0.15, 0.2) is 23.0 Å². The highest BCUT2D eigenvalue weighted by atomic mass is 16.3. The van der Waals surface area contributed by atoms with E-state index in [9.17, 15) is 39.6 Å². The smallest absolute Gasteiger partial charge is 0.227 e. The van der Waals surface area contributed by atoms with Crippen LogP contribution in [0.3, 0.4) is 0 Å². The molecule has 0 radical (unpaired) electrons. The number of aliphatic hydroxyl groups is 4. The molecule has 0 fully saturated rings. The van der Waals surface area contributed by atoms with E-state index < -0.39 is 63.7 Å². The summed E-state index contributed by atoms with van der Waals surface area (Å²) < 4.78 is 0. The quantitative estimate of drug-likeness (QED) is 0.0711. The highest BCUT2D eigenvalue weighted by Gasteiger charge is 2.39. The first-order valence-electron chi connectivity index (χ1n) is 16.5. The van der Waals surface area contributed by atoms with Gasteiger partial charge in [0.25, 0.3) is 0 Å². The van der Waals surface area contributed by atoms with Crippen molar-refractivity contribution in [3.05, 3.63) is 45.3 Å². The monoisotopic (exact) mass is 600 g/mol. The van der Waals surface area contributed by atoms with E-state index in [0.29, 0.717) is 12.8 Å². The number of carbonyl (C=O) groups is 4. The summed E-state index contributed by atoms with van der Waals surface area (Å²) in [5, 5.41) is 42.2. The number of aliphatic hydroxyl groups excluding tert-OH is 4. The van der Waals surface area contributed by atoms with Crippen LogP contribution in [0.25, 0.3) is 0 Å². The lowest BCUT2D eigenvalue weighted by molar-refractivity contribution is -0.121. The first-order valence-corrected chi connectivity index (χ1v) is 16.5. The van der Waals surface area contributed by atoms with Gasteiger partial charge >= 0.3 is 0 Å². The SMILES string of the molecule is CCCCCCCCCCCC1=C(O)C(=O)C(CC2=C(O)C(=O)C(CCCCCCCCCCC)=C(O)C2=O)=C(O)C1=O. The Hall–Kier alpha value is -3.16. The molecule has 0 aromatic rings. The molecule has 0 aliphatic heterocycles. The molecule has 0 bridgehead atoms. The summed E-state index contributed by atoms with van der Waals surface area (Å²) in [6.07, 6.45) is 18.3. The molecule has 2 aliphatic carbocycles. The number of hydrogen-bond acceptors (Lipinski definition) is 8. The lowest BCUT2D eigenvalue weighted by Gasteiger charge is -2.21. The molecular weight excluding hydrogens is 548 g/mol. The fraction of sp³-hybridized carbons (Fsp3) is 0.657. The third kappa shape index (κ3) is 10.5.